The van der Waals surface area contributed by atoms with Gasteiger partial charge in [-0.1, -0.05) is 19.0 Å². The molecule has 0 saturated heterocycles. The van der Waals surface area contributed by atoms with Crippen LogP contribution in [0.3, 0.4) is 0 Å². The predicted molar refractivity (Wildman–Crippen MR) is 77.1 cm³/mol. The number of nitrogens with one attached hydrogen (secondary N) is 2. The van der Waals surface area contributed by atoms with Gasteiger partial charge in [-0.25, -0.2) is 4.79 Å². The van der Waals surface area contributed by atoms with Crippen LogP contribution in [0, 0.1) is 5.92 Å². The summed E-state index contributed by atoms with van der Waals surface area (Å²) in [6, 6.07) is 0. The molecule has 0 unspecified atom stereocenters. The van der Waals surface area contributed by atoms with Crippen molar-refractivity contribution in [3.05, 3.63) is 33.1 Å². The van der Waals surface area contributed by atoms with E-state index in [2.05, 4.69) is 20.4 Å². The average Bonchev–Trinajstić information content (AvgIpc) is 2.91. The Morgan fingerprint density at radius 1 is 1.48 bits per heavy atom. The van der Waals surface area contributed by atoms with E-state index >= 15 is 0 Å². The molecule has 114 valence electrons. The van der Waals surface area contributed by atoms with Crippen LogP contribution < -0.4 is 22.3 Å². The standard InChI is InChI=1S/C12H18N6O3/c1-7(2)5-18-10(13)9(11(19)17-12(18)20)14-4-3-8-15-6-16-21-8/h6-7,14H,3-5,13H2,1-2H3,(H,17,19,20). The topological polar surface area (TPSA) is 132 Å². The van der Waals surface area contributed by atoms with Crippen LogP contribution in [-0.2, 0) is 13.0 Å². The van der Waals surface area contributed by atoms with E-state index in [-0.39, 0.29) is 17.4 Å². The summed E-state index contributed by atoms with van der Waals surface area (Å²) in [6.07, 6.45) is 1.75. The molecule has 0 atom stereocenters. The van der Waals surface area contributed by atoms with Crippen LogP contribution in [0.5, 0.6) is 0 Å². The van der Waals surface area contributed by atoms with Gasteiger partial charge < -0.3 is 15.6 Å². The van der Waals surface area contributed by atoms with Crippen molar-refractivity contribution in [1.82, 2.24) is 19.7 Å². The number of anilines is 2. The van der Waals surface area contributed by atoms with Gasteiger partial charge in [0.05, 0.1) is 0 Å². The quantitative estimate of drug-likeness (QED) is 0.672. The Morgan fingerprint density at radius 2 is 2.24 bits per heavy atom. The summed E-state index contributed by atoms with van der Waals surface area (Å²) in [6.45, 7) is 4.73. The Labute approximate surface area is 120 Å². The molecule has 9 nitrogen and oxygen atoms in total. The van der Waals surface area contributed by atoms with Crippen LogP contribution in [0.25, 0.3) is 0 Å². The maximum Gasteiger partial charge on any atom is 0.330 e. The highest BCUT2D eigenvalue weighted by atomic mass is 16.5. The number of nitrogens with zero attached hydrogens (tertiary/aromatic N) is 3. The van der Waals surface area contributed by atoms with Crippen molar-refractivity contribution in [3.63, 3.8) is 0 Å². The fraction of sp³-hybridized carbons (Fsp3) is 0.500. The SMILES string of the molecule is CC(C)Cn1c(N)c(NCCc2ncno2)c(=O)[nH]c1=O. The minimum Gasteiger partial charge on any atom is -0.383 e. The van der Waals surface area contributed by atoms with E-state index in [9.17, 15) is 9.59 Å². The lowest BCUT2D eigenvalue weighted by atomic mass is 10.2. The van der Waals surface area contributed by atoms with Crippen LogP contribution in [0.4, 0.5) is 11.5 Å². The zero-order chi connectivity index (χ0) is 15.4. The van der Waals surface area contributed by atoms with Crippen LogP contribution in [0.15, 0.2) is 20.4 Å². The zero-order valence-corrected chi connectivity index (χ0v) is 11.9. The van der Waals surface area contributed by atoms with Crippen LogP contribution in [-0.4, -0.2) is 26.2 Å². The summed E-state index contributed by atoms with van der Waals surface area (Å²) < 4.78 is 6.20. The highest BCUT2D eigenvalue weighted by Gasteiger charge is 2.13. The van der Waals surface area contributed by atoms with Crippen molar-refractivity contribution in [2.24, 2.45) is 5.92 Å². The highest BCUT2D eigenvalue weighted by Crippen LogP contribution is 2.11. The number of rotatable bonds is 6. The second-order valence-electron chi connectivity index (χ2n) is 5.04. The van der Waals surface area contributed by atoms with Gasteiger partial charge in [0, 0.05) is 19.5 Å². The fourth-order valence-corrected chi connectivity index (χ4v) is 1.91. The first-order valence-corrected chi connectivity index (χ1v) is 6.61. The van der Waals surface area contributed by atoms with Crippen molar-refractivity contribution in [2.75, 3.05) is 17.6 Å². The van der Waals surface area contributed by atoms with Gasteiger partial charge in [0.1, 0.15) is 11.5 Å². The zero-order valence-electron chi connectivity index (χ0n) is 11.9. The number of aromatic nitrogens is 4. The molecule has 0 spiro atoms. The molecule has 0 fully saturated rings. The molecule has 0 amide bonds. The third-order valence-electron chi connectivity index (χ3n) is 2.83. The van der Waals surface area contributed by atoms with Crippen molar-refractivity contribution in [2.45, 2.75) is 26.8 Å². The molecule has 4 N–H and O–H groups in total. The summed E-state index contributed by atoms with van der Waals surface area (Å²) in [7, 11) is 0. The molecule has 0 saturated carbocycles. The lowest BCUT2D eigenvalue weighted by molar-refractivity contribution is 0.379. The first kappa shape index (κ1) is 14.8. The van der Waals surface area contributed by atoms with Gasteiger partial charge in [-0.3, -0.25) is 14.3 Å². The molecule has 0 aliphatic rings. The molecule has 2 rings (SSSR count). The summed E-state index contributed by atoms with van der Waals surface area (Å²) in [5.74, 6) is 0.804. The van der Waals surface area contributed by atoms with E-state index in [0.29, 0.717) is 25.4 Å². The van der Waals surface area contributed by atoms with Crippen molar-refractivity contribution in [3.8, 4) is 0 Å². The van der Waals surface area contributed by atoms with E-state index in [1.165, 1.54) is 10.9 Å². The monoisotopic (exact) mass is 294 g/mol. The molecule has 0 aromatic carbocycles. The Balaban J connectivity index is 2.18. The Hall–Kier alpha value is -2.58. The summed E-state index contributed by atoms with van der Waals surface area (Å²) in [5.41, 5.74) is 5.05. The van der Waals surface area contributed by atoms with E-state index in [0.717, 1.165) is 0 Å². The third-order valence-corrected chi connectivity index (χ3v) is 2.83. The third kappa shape index (κ3) is 3.50. The Kier molecular flexibility index (Phi) is 4.41. The van der Waals surface area contributed by atoms with Crippen LogP contribution in [0.1, 0.15) is 19.7 Å². The lowest BCUT2D eigenvalue weighted by Crippen LogP contribution is -2.35. The average molecular weight is 294 g/mol. The molecular weight excluding hydrogens is 276 g/mol. The maximum atomic E-state index is 11.8. The van der Waals surface area contributed by atoms with Gasteiger partial charge in [0.2, 0.25) is 5.89 Å². The molecule has 0 aliphatic heterocycles. The number of hydrogen-bond acceptors (Lipinski definition) is 7. The molecule has 2 heterocycles. The minimum atomic E-state index is -0.539. The van der Waals surface area contributed by atoms with E-state index in [4.69, 9.17) is 10.3 Å². The van der Waals surface area contributed by atoms with Gasteiger partial charge in [-0.05, 0) is 5.92 Å². The number of H-pyrrole nitrogens is 1. The molecular formula is C12H18N6O3. The largest absolute Gasteiger partial charge is 0.383 e. The summed E-state index contributed by atoms with van der Waals surface area (Å²) >= 11 is 0. The Bertz CT molecular complexity index is 701. The number of nitrogens with two attached hydrogens (primary N) is 1. The van der Waals surface area contributed by atoms with Crippen molar-refractivity contribution < 1.29 is 4.52 Å². The molecule has 2 aromatic heterocycles. The van der Waals surface area contributed by atoms with E-state index < -0.39 is 11.2 Å². The smallest absolute Gasteiger partial charge is 0.330 e. The fourth-order valence-electron chi connectivity index (χ4n) is 1.91. The predicted octanol–water partition coefficient (Wildman–Crippen LogP) is -0.188. The maximum absolute atomic E-state index is 11.8. The van der Waals surface area contributed by atoms with Crippen molar-refractivity contribution in [1.29, 1.82) is 0 Å². The molecule has 9 heteroatoms. The molecule has 0 radical (unpaired) electrons. The molecule has 0 bridgehead atoms. The summed E-state index contributed by atoms with van der Waals surface area (Å²) in [4.78, 5) is 29.7. The van der Waals surface area contributed by atoms with Crippen molar-refractivity contribution >= 4 is 11.5 Å². The lowest BCUT2D eigenvalue weighted by Gasteiger charge is -2.15. The van der Waals surface area contributed by atoms with E-state index in [1.807, 2.05) is 13.8 Å². The molecule has 21 heavy (non-hydrogen) atoms. The van der Waals surface area contributed by atoms with Gasteiger partial charge in [0.15, 0.2) is 6.33 Å². The molecule has 2 aromatic rings. The van der Waals surface area contributed by atoms with E-state index in [1.54, 1.807) is 0 Å². The van der Waals surface area contributed by atoms with Gasteiger partial charge in [0.25, 0.3) is 5.56 Å². The van der Waals surface area contributed by atoms with Gasteiger partial charge >= 0.3 is 5.69 Å². The van der Waals surface area contributed by atoms with Gasteiger partial charge in [-0.15, -0.1) is 0 Å². The van der Waals surface area contributed by atoms with Gasteiger partial charge in [-0.2, -0.15) is 4.98 Å². The minimum absolute atomic E-state index is 0.128. The number of aromatic amines is 1. The van der Waals surface area contributed by atoms with Crippen LogP contribution in [0.2, 0.25) is 0 Å². The second kappa shape index (κ2) is 6.25. The first-order chi connectivity index (χ1) is 9.99. The van der Waals surface area contributed by atoms with Crippen LogP contribution >= 0.6 is 0 Å². The second-order valence-corrected chi connectivity index (χ2v) is 5.04. The Morgan fingerprint density at radius 3 is 2.86 bits per heavy atom. The number of nitrogen functional groups attached to an aromatic ring is 1. The number of hydrogen-bond donors (Lipinski definition) is 3. The molecule has 0 aliphatic carbocycles. The highest BCUT2D eigenvalue weighted by molar-refractivity contribution is 5.60. The first-order valence-electron chi connectivity index (χ1n) is 6.61. The summed E-state index contributed by atoms with van der Waals surface area (Å²) in [5, 5.41) is 6.39. The normalized spacial score (nSPS) is 11.0.